The summed E-state index contributed by atoms with van der Waals surface area (Å²) in [6.45, 7) is -0.233. The highest BCUT2D eigenvalue weighted by Gasteiger charge is 2.18. The maximum absolute atomic E-state index is 12.5. The molecule has 0 radical (unpaired) electrons. The van der Waals surface area contributed by atoms with Crippen molar-refractivity contribution < 1.29 is 28.7 Å². The van der Waals surface area contributed by atoms with Crippen LogP contribution in [0.3, 0.4) is 0 Å². The lowest BCUT2D eigenvalue weighted by molar-refractivity contribution is -0.386. The van der Waals surface area contributed by atoms with Crippen molar-refractivity contribution in [2.75, 3.05) is 20.3 Å². The molecule has 32 heavy (non-hydrogen) atoms. The van der Waals surface area contributed by atoms with Crippen molar-refractivity contribution in [3.8, 4) is 23.0 Å². The smallest absolute Gasteiger partial charge is 0.342 e. The third-order valence-electron chi connectivity index (χ3n) is 4.16. The number of hydrogen-bond acceptors (Lipinski definition) is 7. The van der Waals surface area contributed by atoms with Crippen LogP contribution in [0.4, 0.5) is 5.69 Å². The Labute approximate surface area is 193 Å². The van der Waals surface area contributed by atoms with E-state index < -0.39 is 10.9 Å². The molecule has 0 aliphatic rings. The van der Waals surface area contributed by atoms with Gasteiger partial charge >= 0.3 is 11.7 Å². The van der Waals surface area contributed by atoms with Gasteiger partial charge in [-0.3, -0.25) is 10.1 Å². The molecule has 3 aromatic carbocycles. The van der Waals surface area contributed by atoms with Gasteiger partial charge in [0.15, 0.2) is 5.75 Å². The molecule has 0 aliphatic carbocycles. The Kier molecular flexibility index (Phi) is 7.75. The first-order valence-corrected chi connectivity index (χ1v) is 9.99. The van der Waals surface area contributed by atoms with E-state index in [-0.39, 0.29) is 41.0 Å². The highest BCUT2D eigenvalue weighted by atomic mass is 35.5. The standard InChI is InChI=1S/C22H17Cl2NO7/c1-29-15-7-9-21(18(13-15)25(27)28)30-10-11-31-22(26)16-4-2-3-5-19(16)32-20-8-6-14(23)12-17(20)24/h2-9,12-13H,10-11H2,1H3. The van der Waals surface area contributed by atoms with Crippen LogP contribution in [0.5, 0.6) is 23.0 Å². The number of esters is 1. The van der Waals surface area contributed by atoms with Crippen molar-refractivity contribution in [2.45, 2.75) is 0 Å². The van der Waals surface area contributed by atoms with E-state index >= 15 is 0 Å². The number of benzene rings is 3. The predicted octanol–water partition coefficient (Wildman–Crippen LogP) is 5.94. The quantitative estimate of drug-likeness (QED) is 0.163. The molecule has 0 bridgehead atoms. The molecule has 0 saturated heterocycles. The van der Waals surface area contributed by atoms with E-state index in [0.29, 0.717) is 16.5 Å². The number of nitro groups is 1. The zero-order chi connectivity index (χ0) is 23.1. The number of methoxy groups -OCH3 is 1. The minimum Gasteiger partial charge on any atom is -0.496 e. The molecule has 0 heterocycles. The fourth-order valence-electron chi connectivity index (χ4n) is 2.65. The van der Waals surface area contributed by atoms with Crippen LogP contribution in [0.2, 0.25) is 10.0 Å². The Balaban J connectivity index is 1.62. The van der Waals surface area contributed by atoms with E-state index in [9.17, 15) is 14.9 Å². The predicted molar refractivity (Wildman–Crippen MR) is 118 cm³/mol. The van der Waals surface area contributed by atoms with E-state index in [0.717, 1.165) is 0 Å². The number of halogens is 2. The Hall–Kier alpha value is -3.49. The molecule has 0 saturated carbocycles. The van der Waals surface area contributed by atoms with Crippen molar-refractivity contribution in [1.29, 1.82) is 0 Å². The second kappa shape index (κ2) is 10.7. The van der Waals surface area contributed by atoms with Crippen LogP contribution in [0.1, 0.15) is 10.4 Å². The minimum atomic E-state index is -0.654. The third kappa shape index (κ3) is 5.81. The molecule has 0 aliphatic heterocycles. The number of ether oxygens (including phenoxy) is 4. The van der Waals surface area contributed by atoms with Crippen LogP contribution in [-0.2, 0) is 4.74 Å². The summed E-state index contributed by atoms with van der Waals surface area (Å²) >= 11 is 12.0. The number of rotatable bonds is 9. The number of carbonyl (C=O) groups excluding carboxylic acids is 1. The Bertz CT molecular complexity index is 1140. The maximum Gasteiger partial charge on any atom is 0.342 e. The second-order valence-corrected chi connectivity index (χ2v) is 7.09. The maximum atomic E-state index is 12.5. The van der Waals surface area contributed by atoms with Crippen LogP contribution < -0.4 is 14.2 Å². The number of carbonyl (C=O) groups is 1. The number of hydrogen-bond donors (Lipinski definition) is 0. The Morgan fingerprint density at radius 3 is 2.44 bits per heavy atom. The SMILES string of the molecule is COc1ccc(OCCOC(=O)c2ccccc2Oc2ccc(Cl)cc2Cl)c([N+](=O)[O-])c1. The number of para-hydroxylation sites is 1. The molecule has 10 heteroatoms. The van der Waals surface area contributed by atoms with E-state index in [1.165, 1.54) is 37.4 Å². The molecule has 166 valence electrons. The highest BCUT2D eigenvalue weighted by Crippen LogP contribution is 2.33. The summed E-state index contributed by atoms with van der Waals surface area (Å²) in [4.78, 5) is 23.1. The van der Waals surface area contributed by atoms with E-state index in [2.05, 4.69) is 0 Å². The average Bonchev–Trinajstić information content (AvgIpc) is 2.78. The van der Waals surface area contributed by atoms with Gasteiger partial charge in [0, 0.05) is 5.02 Å². The summed E-state index contributed by atoms with van der Waals surface area (Å²) in [7, 11) is 1.40. The molecule has 0 fully saturated rings. The highest BCUT2D eigenvalue weighted by molar-refractivity contribution is 6.35. The van der Waals surface area contributed by atoms with Gasteiger partial charge in [0.25, 0.3) is 0 Å². The number of nitrogens with zero attached hydrogens (tertiary/aromatic N) is 1. The van der Waals surface area contributed by atoms with Gasteiger partial charge in [0.1, 0.15) is 36.0 Å². The normalized spacial score (nSPS) is 10.3. The van der Waals surface area contributed by atoms with Crippen LogP contribution in [-0.4, -0.2) is 31.2 Å². The van der Waals surface area contributed by atoms with Gasteiger partial charge in [-0.05, 0) is 42.5 Å². The zero-order valence-corrected chi connectivity index (χ0v) is 18.3. The lowest BCUT2D eigenvalue weighted by Crippen LogP contribution is -2.13. The first-order valence-electron chi connectivity index (χ1n) is 9.23. The minimum absolute atomic E-state index is 0.0352. The van der Waals surface area contributed by atoms with Gasteiger partial charge in [-0.25, -0.2) is 4.79 Å². The molecular weight excluding hydrogens is 461 g/mol. The molecule has 0 unspecified atom stereocenters. The van der Waals surface area contributed by atoms with Crippen molar-refractivity contribution in [1.82, 2.24) is 0 Å². The summed E-state index contributed by atoms with van der Waals surface area (Å²) in [5.41, 5.74) is -0.0804. The molecule has 0 amide bonds. The molecule has 3 aromatic rings. The number of nitro benzene ring substituents is 1. The van der Waals surface area contributed by atoms with Gasteiger partial charge in [-0.15, -0.1) is 0 Å². The van der Waals surface area contributed by atoms with Crippen LogP contribution in [0.25, 0.3) is 0 Å². The fourth-order valence-corrected chi connectivity index (χ4v) is 3.10. The first-order chi connectivity index (χ1) is 15.4. The molecule has 8 nitrogen and oxygen atoms in total. The van der Waals surface area contributed by atoms with Crippen molar-refractivity contribution in [2.24, 2.45) is 0 Å². The van der Waals surface area contributed by atoms with Crippen molar-refractivity contribution in [3.63, 3.8) is 0 Å². The van der Waals surface area contributed by atoms with Crippen LogP contribution >= 0.6 is 23.2 Å². The first kappa shape index (κ1) is 23.2. The zero-order valence-electron chi connectivity index (χ0n) is 16.7. The van der Waals surface area contributed by atoms with E-state index in [4.69, 9.17) is 42.1 Å². The van der Waals surface area contributed by atoms with Gasteiger partial charge in [0.2, 0.25) is 0 Å². The summed E-state index contributed by atoms with van der Waals surface area (Å²) < 4.78 is 21.4. The van der Waals surface area contributed by atoms with Gasteiger partial charge in [-0.2, -0.15) is 0 Å². The molecular formula is C22H17Cl2NO7. The second-order valence-electron chi connectivity index (χ2n) is 6.25. The lowest BCUT2D eigenvalue weighted by Gasteiger charge is -2.12. The summed E-state index contributed by atoms with van der Waals surface area (Å²) in [6.07, 6.45) is 0. The Morgan fingerprint density at radius 2 is 1.72 bits per heavy atom. The van der Waals surface area contributed by atoms with Crippen LogP contribution in [0, 0.1) is 10.1 Å². The molecule has 0 N–H and O–H groups in total. The summed E-state index contributed by atoms with van der Waals surface area (Å²) in [5, 5.41) is 11.9. The van der Waals surface area contributed by atoms with Gasteiger partial charge in [0.05, 0.1) is 23.1 Å². The van der Waals surface area contributed by atoms with E-state index in [1.54, 1.807) is 30.3 Å². The molecule has 0 aromatic heterocycles. The molecule has 3 rings (SSSR count). The molecule has 0 atom stereocenters. The average molecular weight is 478 g/mol. The monoisotopic (exact) mass is 477 g/mol. The van der Waals surface area contributed by atoms with Crippen molar-refractivity contribution >= 4 is 34.9 Å². The fraction of sp³-hybridized carbons (Fsp3) is 0.136. The topological polar surface area (TPSA) is 97.1 Å². The lowest BCUT2D eigenvalue weighted by atomic mass is 10.2. The van der Waals surface area contributed by atoms with Crippen molar-refractivity contribution in [3.05, 3.63) is 86.4 Å². The summed E-state index contributed by atoms with van der Waals surface area (Å²) in [5.74, 6) is 0.277. The summed E-state index contributed by atoms with van der Waals surface area (Å²) in [6, 6.07) is 15.4. The molecule has 0 spiro atoms. The van der Waals surface area contributed by atoms with Gasteiger partial charge in [-0.1, -0.05) is 35.3 Å². The Morgan fingerprint density at radius 1 is 0.969 bits per heavy atom. The largest absolute Gasteiger partial charge is 0.496 e. The van der Waals surface area contributed by atoms with E-state index in [1.807, 2.05) is 0 Å². The third-order valence-corrected chi connectivity index (χ3v) is 4.69. The van der Waals surface area contributed by atoms with Gasteiger partial charge < -0.3 is 18.9 Å². The van der Waals surface area contributed by atoms with Crippen LogP contribution in [0.15, 0.2) is 60.7 Å².